The Balaban J connectivity index is 1.19. The predicted molar refractivity (Wildman–Crippen MR) is 385 cm³/mol. The van der Waals surface area contributed by atoms with Crippen molar-refractivity contribution in [2.75, 3.05) is 94.8 Å². The number of carbonyl (C=O) groups is 12. The molecule has 12 amide bonds. The molecule has 8 rings (SSSR count). The van der Waals surface area contributed by atoms with Gasteiger partial charge in [0.05, 0.1) is 38.2 Å². The zero-order valence-corrected chi connectivity index (χ0v) is 65.0. The molecule has 0 aromatic rings. The molecule has 0 aromatic carbocycles. The summed E-state index contributed by atoms with van der Waals surface area (Å²) in [5.74, 6) is -10.9. The van der Waals surface area contributed by atoms with Crippen molar-refractivity contribution < 1.29 is 80.2 Å². The minimum atomic E-state index is -4.53. The van der Waals surface area contributed by atoms with E-state index in [1.54, 1.807) is 13.8 Å². The molecule has 4 saturated heterocycles. The molecule has 26 nitrogen and oxygen atoms in total. The van der Waals surface area contributed by atoms with Crippen molar-refractivity contribution in [2.24, 2.45) is 35.5 Å². The standard InChI is InChI=1S/C75H120ClF3N12O14/c1-13-46(5)62-71(101)84(8)47(6)66(96)90-33-30-55(90)69(99)86(10)58(40-48-22-16-15-17-23-48)68(98)83(7)44-60(92)80-54(29-27-49-26-28-52(53(76)39-49)75(77,78)79)67(97)91-43-51(105-14-2)41-57(91)65(95)82-74(31-20-21-32-74)73(103)88(12)63(50-24-18-19-25-50)72(102)87(11)59(70(100)89-34-36-104-37-35-89)42-61(93)85(9)56(38-45(3)4)64(94)81-62/h45-59,62-63H,13-44H2,1-12H3,(H,80,92)(H,81,94)(H,82,95)/t46-,47-,49?,51+,52?,53?,54-,55-,56-,57-,58-,59-,62-,63-/m0/s1. The molecule has 0 bridgehead atoms. The lowest BCUT2D eigenvalue weighted by atomic mass is 9.78. The summed E-state index contributed by atoms with van der Waals surface area (Å²) in [7, 11) is 8.71. The molecule has 8 fully saturated rings. The first-order chi connectivity index (χ1) is 49.6. The summed E-state index contributed by atoms with van der Waals surface area (Å²) in [6.45, 7) is 10.9. The van der Waals surface area contributed by atoms with Crippen LogP contribution in [0.15, 0.2) is 0 Å². The number of amides is 12. The molecule has 0 radical (unpaired) electrons. The highest BCUT2D eigenvalue weighted by Crippen LogP contribution is 2.44. The first kappa shape index (κ1) is 84.3. The lowest BCUT2D eigenvalue weighted by Gasteiger charge is -2.45. The minimum Gasteiger partial charge on any atom is -0.378 e. The number of ether oxygens (including phenoxy) is 2. The number of likely N-dealkylation sites (N-methyl/N-ethyl adjacent to an activating group) is 6. The van der Waals surface area contributed by atoms with Crippen LogP contribution in [0.1, 0.15) is 196 Å². The zero-order valence-electron chi connectivity index (χ0n) is 64.2. The number of hydrogen-bond acceptors (Lipinski definition) is 14. The third kappa shape index (κ3) is 20.1. The molecule has 4 aliphatic heterocycles. The van der Waals surface area contributed by atoms with Gasteiger partial charge in [-0.1, -0.05) is 91.9 Å². The number of rotatable bonds is 13. The van der Waals surface area contributed by atoms with Gasteiger partial charge >= 0.3 is 6.18 Å². The van der Waals surface area contributed by atoms with Gasteiger partial charge < -0.3 is 69.5 Å². The monoisotopic (exact) mass is 1500 g/mol. The summed E-state index contributed by atoms with van der Waals surface area (Å²) in [6.07, 6.45) is 3.23. The highest BCUT2D eigenvalue weighted by molar-refractivity contribution is 6.21. The van der Waals surface area contributed by atoms with Crippen molar-refractivity contribution in [3.8, 4) is 0 Å². The summed E-state index contributed by atoms with van der Waals surface area (Å²) in [6, 6.07) is -11.1. The van der Waals surface area contributed by atoms with Crippen LogP contribution in [0, 0.1) is 35.5 Å². The SMILES string of the molecule is CCO[C@@H]1C[C@H]2C(=O)NC3(CCCC3)C(=O)N(C)[C@@H](C3CCCC3)C(=O)N(C)[C@H](C(=O)N3CCOCC3)CC(=O)N(C)[C@@H](CC(C)C)C(=O)N[C@@H]([C@@H](C)CC)C(=O)N(C)[C@@H](C)C(=O)N3CC[C@H]3C(=O)N(C)[C@@H](CC3CCCCC3)C(=O)N(C)CC(=O)N[C@@H](CCC3CCC(C(F)(F)F)C(Cl)C3)C(=O)N2C1. The van der Waals surface area contributed by atoms with Crippen molar-refractivity contribution in [3.05, 3.63) is 0 Å². The van der Waals surface area contributed by atoms with E-state index < -0.39 is 185 Å². The molecule has 30 heteroatoms. The Morgan fingerprint density at radius 2 is 1.30 bits per heavy atom. The number of morpholine rings is 1. The number of nitrogens with zero attached hydrogens (tertiary/aromatic N) is 9. The molecule has 1 spiro atoms. The topological polar surface area (TPSA) is 289 Å². The second kappa shape index (κ2) is 37.2. The van der Waals surface area contributed by atoms with Gasteiger partial charge in [0.15, 0.2) is 0 Å². The van der Waals surface area contributed by atoms with Crippen molar-refractivity contribution >= 4 is 82.5 Å². The maximum atomic E-state index is 15.8. The van der Waals surface area contributed by atoms with Crippen LogP contribution in [0.2, 0.25) is 0 Å². The summed E-state index contributed by atoms with van der Waals surface area (Å²) >= 11 is 6.45. The number of alkyl halides is 4. The minimum absolute atomic E-state index is 0.0206. The van der Waals surface area contributed by atoms with E-state index in [0.717, 1.165) is 44.9 Å². The average Bonchev–Trinajstić information content (AvgIpc) is 1.76. The molecule has 592 valence electrons. The van der Waals surface area contributed by atoms with Gasteiger partial charge in [-0.05, 0) is 120 Å². The van der Waals surface area contributed by atoms with E-state index in [1.807, 2.05) is 20.8 Å². The summed E-state index contributed by atoms with van der Waals surface area (Å²) in [4.78, 5) is 194. The molecule has 3 unspecified atom stereocenters. The Labute approximate surface area is 623 Å². The van der Waals surface area contributed by atoms with E-state index in [1.165, 1.54) is 93.3 Å². The van der Waals surface area contributed by atoms with Crippen molar-refractivity contribution in [3.63, 3.8) is 0 Å². The number of nitrogens with one attached hydrogen (secondary N) is 3. The van der Waals surface area contributed by atoms with Gasteiger partial charge in [-0.15, -0.1) is 11.6 Å². The van der Waals surface area contributed by atoms with Gasteiger partial charge in [0.1, 0.15) is 59.9 Å². The lowest BCUT2D eigenvalue weighted by Crippen LogP contribution is -2.65. The molecule has 0 aromatic heterocycles. The van der Waals surface area contributed by atoms with Gasteiger partial charge in [0.2, 0.25) is 70.9 Å². The largest absolute Gasteiger partial charge is 0.393 e. The summed E-state index contributed by atoms with van der Waals surface area (Å²) in [5.41, 5.74) is -1.61. The normalized spacial score (nSPS) is 31.7. The number of carbonyl (C=O) groups excluding carboxylic acids is 12. The maximum Gasteiger partial charge on any atom is 0.393 e. The second-order valence-electron chi connectivity index (χ2n) is 32.0. The van der Waals surface area contributed by atoms with Crippen molar-refractivity contribution in [1.82, 2.24) is 60.0 Å². The highest BCUT2D eigenvalue weighted by Gasteiger charge is 2.54. The maximum absolute atomic E-state index is 15.8. The predicted octanol–water partition coefficient (Wildman–Crippen LogP) is 5.49. The van der Waals surface area contributed by atoms with Crippen LogP contribution in [-0.2, 0) is 67.0 Å². The van der Waals surface area contributed by atoms with Gasteiger partial charge in [-0.25, -0.2) is 0 Å². The van der Waals surface area contributed by atoms with Crippen LogP contribution in [0.5, 0.6) is 0 Å². The Bertz CT molecular complexity index is 3090. The average molecular weight is 1510 g/mol. The number of halogens is 4. The van der Waals surface area contributed by atoms with E-state index in [4.69, 9.17) is 21.1 Å². The van der Waals surface area contributed by atoms with Crippen LogP contribution in [0.3, 0.4) is 0 Å². The van der Waals surface area contributed by atoms with Crippen molar-refractivity contribution in [1.29, 1.82) is 0 Å². The third-order valence-corrected chi connectivity index (χ3v) is 25.0. The smallest absolute Gasteiger partial charge is 0.378 e. The number of fused-ring (bicyclic) bond motifs is 2. The van der Waals surface area contributed by atoms with Gasteiger partial charge in [0, 0.05) is 86.9 Å². The molecular formula is C75H120ClF3N12O14. The molecule has 14 atom stereocenters. The zero-order chi connectivity index (χ0) is 77.1. The van der Waals surface area contributed by atoms with Crippen molar-refractivity contribution in [2.45, 2.75) is 273 Å². The van der Waals surface area contributed by atoms with Gasteiger partial charge in [-0.2, -0.15) is 13.2 Å². The molecule has 105 heavy (non-hydrogen) atoms. The lowest BCUT2D eigenvalue weighted by molar-refractivity contribution is -0.182. The van der Waals surface area contributed by atoms with E-state index in [-0.39, 0.29) is 128 Å². The molecule has 3 N–H and O–H groups in total. The van der Waals surface area contributed by atoms with Gasteiger partial charge in [0.25, 0.3) is 0 Å². The molecular weight excluding hydrogens is 1390 g/mol. The quantitative estimate of drug-likeness (QED) is 0.192. The van der Waals surface area contributed by atoms with Crippen LogP contribution >= 0.6 is 11.6 Å². The molecule has 4 aliphatic carbocycles. The first-order valence-electron chi connectivity index (χ1n) is 38.9. The fraction of sp³-hybridized carbons (Fsp3) is 0.840. The Morgan fingerprint density at radius 3 is 1.89 bits per heavy atom. The van der Waals surface area contributed by atoms with E-state index in [0.29, 0.717) is 32.1 Å². The van der Waals surface area contributed by atoms with E-state index in [9.17, 15) is 32.3 Å². The fourth-order valence-corrected chi connectivity index (χ4v) is 18.1. The van der Waals surface area contributed by atoms with Crippen LogP contribution < -0.4 is 16.0 Å². The van der Waals surface area contributed by atoms with Crippen LogP contribution in [-0.4, -0.2) is 287 Å². The van der Waals surface area contributed by atoms with E-state index in [2.05, 4.69) is 16.0 Å². The molecule has 8 aliphatic rings. The van der Waals surface area contributed by atoms with Gasteiger partial charge in [-0.3, -0.25) is 57.5 Å². The molecule has 4 heterocycles. The Morgan fingerprint density at radius 1 is 0.648 bits per heavy atom. The number of hydrogen-bond donors (Lipinski definition) is 3. The first-order valence-corrected chi connectivity index (χ1v) is 39.4. The summed E-state index contributed by atoms with van der Waals surface area (Å²) in [5, 5.41) is 7.66. The van der Waals surface area contributed by atoms with E-state index >= 15 is 38.4 Å². The fourth-order valence-electron chi connectivity index (χ4n) is 17.6. The van der Waals surface area contributed by atoms with Crippen LogP contribution in [0.25, 0.3) is 0 Å². The Hall–Kier alpha value is -6.36. The Kier molecular flexibility index (Phi) is 29.8. The highest BCUT2D eigenvalue weighted by atomic mass is 35.5. The van der Waals surface area contributed by atoms with Crippen LogP contribution in [0.4, 0.5) is 13.2 Å². The third-order valence-electron chi connectivity index (χ3n) is 24.6. The summed E-state index contributed by atoms with van der Waals surface area (Å²) < 4.78 is 54.1. The second-order valence-corrected chi connectivity index (χ2v) is 32.6. The molecule has 4 saturated carbocycles.